The quantitative estimate of drug-likeness (QED) is 0.129. The van der Waals surface area contributed by atoms with E-state index in [0.717, 1.165) is 41.6 Å². The van der Waals surface area contributed by atoms with E-state index in [1.807, 2.05) is 74.5 Å². The third-order valence-electron chi connectivity index (χ3n) is 10.4. The molecule has 0 atom stereocenters. The van der Waals surface area contributed by atoms with Gasteiger partial charge in [0.25, 0.3) is 0 Å². The Bertz CT molecular complexity index is 2230. The van der Waals surface area contributed by atoms with Gasteiger partial charge in [0.05, 0.1) is 22.3 Å². The average Bonchev–Trinajstić information content (AvgIpc) is 3.61. The van der Waals surface area contributed by atoms with Crippen molar-refractivity contribution in [2.75, 3.05) is 0 Å². The van der Waals surface area contributed by atoms with Gasteiger partial charge in [-0.3, -0.25) is 0 Å². The van der Waals surface area contributed by atoms with E-state index in [2.05, 4.69) is 0 Å². The molecule has 0 unspecified atom stereocenters. The van der Waals surface area contributed by atoms with E-state index in [4.69, 9.17) is 0 Å². The highest BCUT2D eigenvalue weighted by atomic mass is 19.3. The van der Waals surface area contributed by atoms with Crippen molar-refractivity contribution in [3.8, 4) is 0 Å². The Morgan fingerprint density at radius 1 is 0.500 bits per heavy atom. The molecular formula is C34H28B2F4N4. The molecular weight excluding hydrogens is 562 g/mol. The number of aryl methyl sites for hydroxylation is 4. The van der Waals surface area contributed by atoms with Crippen LogP contribution in [-0.4, -0.2) is 43.3 Å². The second-order valence-electron chi connectivity index (χ2n) is 12.9. The molecule has 0 N–H and O–H groups in total. The third-order valence-corrected chi connectivity index (χ3v) is 10.4. The predicted molar refractivity (Wildman–Crippen MR) is 172 cm³/mol. The summed E-state index contributed by atoms with van der Waals surface area (Å²) in [5.74, 6) is 0. The van der Waals surface area contributed by atoms with Gasteiger partial charge in [-0.25, -0.2) is 0 Å². The van der Waals surface area contributed by atoms with Gasteiger partial charge in [-0.05, 0) is 74.1 Å². The number of nitrogens with zero attached hydrogens (tertiary/aromatic N) is 4. The molecule has 4 aliphatic heterocycles. The SMILES string of the molecule is CC1=[N+]2C(=Cc3c4cc(C)ccc4c(C)n3[B-]2(F)F)c2cc3c(cc21)C1=Cc2c4cc(C)ccc4c(C)n2[B-](F)(F)[N+]1=C3C. The zero-order chi connectivity index (χ0) is 30.8. The fourth-order valence-electron chi connectivity index (χ4n) is 8.43. The van der Waals surface area contributed by atoms with Crippen LogP contribution < -0.4 is 0 Å². The minimum Gasteiger partial charge on any atom is -0.393 e. The van der Waals surface area contributed by atoms with Gasteiger partial charge in [-0.1, -0.05) is 35.4 Å². The molecule has 9 rings (SSSR count). The lowest BCUT2D eigenvalue weighted by molar-refractivity contribution is -0.318. The van der Waals surface area contributed by atoms with Gasteiger partial charge in [0.1, 0.15) is 11.4 Å². The lowest BCUT2D eigenvalue weighted by Crippen LogP contribution is -2.50. The molecule has 0 bridgehead atoms. The molecule has 5 aromatic rings. The third kappa shape index (κ3) is 2.79. The Kier molecular flexibility index (Phi) is 4.54. The summed E-state index contributed by atoms with van der Waals surface area (Å²) in [5.41, 5.74) is 8.23. The van der Waals surface area contributed by atoms with Crippen LogP contribution in [0.4, 0.5) is 17.3 Å². The van der Waals surface area contributed by atoms with E-state index >= 15 is 17.3 Å². The van der Waals surface area contributed by atoms with E-state index in [1.165, 1.54) is 8.96 Å². The molecule has 0 saturated heterocycles. The lowest BCUT2D eigenvalue weighted by Gasteiger charge is -2.30. The van der Waals surface area contributed by atoms with Crippen LogP contribution in [0.25, 0.3) is 45.1 Å². The first-order valence-corrected chi connectivity index (χ1v) is 15.0. The van der Waals surface area contributed by atoms with Gasteiger partial charge >= 0.3 is 13.9 Å². The summed E-state index contributed by atoms with van der Waals surface area (Å²) >= 11 is 0. The Morgan fingerprint density at radius 2 is 0.886 bits per heavy atom. The van der Waals surface area contributed by atoms with Gasteiger partial charge in [0.15, 0.2) is 11.4 Å². The first kappa shape index (κ1) is 25.9. The van der Waals surface area contributed by atoms with Crippen molar-refractivity contribution in [2.24, 2.45) is 0 Å². The lowest BCUT2D eigenvalue weighted by atomic mass is 9.89. The van der Waals surface area contributed by atoms with Gasteiger partial charge in [0, 0.05) is 48.2 Å². The van der Waals surface area contributed by atoms with Crippen LogP contribution in [0.15, 0.2) is 48.5 Å². The average molecular weight is 590 g/mol. The van der Waals surface area contributed by atoms with Crippen LogP contribution in [0.3, 0.4) is 0 Å². The minimum atomic E-state index is -4.20. The molecule has 0 radical (unpaired) electrons. The van der Waals surface area contributed by atoms with Crippen molar-refractivity contribution in [2.45, 2.75) is 41.5 Å². The second kappa shape index (κ2) is 7.73. The normalized spacial score (nSPS) is 18.7. The highest BCUT2D eigenvalue weighted by Gasteiger charge is 2.57. The maximum Gasteiger partial charge on any atom is 0.737 e. The number of hydrogen-bond donors (Lipinski definition) is 0. The number of halogens is 4. The highest BCUT2D eigenvalue weighted by Crippen LogP contribution is 2.47. The smallest absolute Gasteiger partial charge is 0.393 e. The number of aromatic nitrogens is 2. The summed E-state index contributed by atoms with van der Waals surface area (Å²) in [7, 11) is 0. The van der Waals surface area contributed by atoms with Gasteiger partial charge in [-0.2, -0.15) is 0 Å². The molecule has 0 spiro atoms. The summed E-state index contributed by atoms with van der Waals surface area (Å²) in [4.78, 5) is 0. The van der Waals surface area contributed by atoms with Crippen LogP contribution in [0, 0.1) is 27.7 Å². The fourth-order valence-corrected chi connectivity index (χ4v) is 8.43. The van der Waals surface area contributed by atoms with Crippen molar-refractivity contribution >= 4 is 70.5 Å². The zero-order valence-electron chi connectivity index (χ0n) is 25.2. The molecule has 44 heavy (non-hydrogen) atoms. The fraction of sp³-hybridized carbons (Fsp3) is 0.176. The Balaban J connectivity index is 1.31. The molecule has 10 heteroatoms. The number of benzene rings is 3. The molecule has 0 aliphatic carbocycles. The van der Waals surface area contributed by atoms with Crippen molar-refractivity contribution < 1.29 is 26.2 Å². The van der Waals surface area contributed by atoms with E-state index in [9.17, 15) is 0 Å². The zero-order valence-corrected chi connectivity index (χ0v) is 25.2. The summed E-state index contributed by atoms with van der Waals surface area (Å²) < 4.78 is 71.2. The van der Waals surface area contributed by atoms with Crippen LogP contribution >= 0.6 is 0 Å². The van der Waals surface area contributed by atoms with Crippen molar-refractivity contribution in [1.82, 2.24) is 8.96 Å². The van der Waals surface area contributed by atoms with Crippen LogP contribution in [0.5, 0.6) is 0 Å². The standard InChI is InChI=1S/C34H28B2F4N4/c1-17-7-9-23-19(3)41-31(27(23)11-17)15-33-29-13-26-22(6)44-34(30(26)14-25(29)21(5)43(33)35(41,37)38)16-32-28-12-18(2)8-10-24(28)20(4)42(32)36(44,39)40/h7-16H,1-6H3. The molecule has 0 fully saturated rings. The van der Waals surface area contributed by atoms with Gasteiger partial charge < -0.3 is 35.2 Å². The topological polar surface area (TPSA) is 15.9 Å². The molecule has 4 nitrogen and oxygen atoms in total. The predicted octanol–water partition coefficient (Wildman–Crippen LogP) is 7.97. The summed E-state index contributed by atoms with van der Waals surface area (Å²) in [5, 5.41) is 3.18. The monoisotopic (exact) mass is 590 g/mol. The van der Waals surface area contributed by atoms with Crippen LogP contribution in [0.1, 0.15) is 70.0 Å². The number of rotatable bonds is 0. The summed E-state index contributed by atoms with van der Waals surface area (Å²) in [6.45, 7) is 2.41. The maximum absolute atomic E-state index is 16.6. The van der Waals surface area contributed by atoms with Crippen LogP contribution in [0.2, 0.25) is 0 Å². The minimum absolute atomic E-state index is 0.409. The van der Waals surface area contributed by atoms with Crippen molar-refractivity contribution in [3.05, 3.63) is 105 Å². The first-order chi connectivity index (χ1) is 20.8. The van der Waals surface area contributed by atoms with E-state index < -0.39 is 13.9 Å². The molecule has 2 aromatic heterocycles. The first-order valence-electron chi connectivity index (χ1n) is 15.0. The van der Waals surface area contributed by atoms with Crippen LogP contribution in [-0.2, 0) is 0 Å². The van der Waals surface area contributed by atoms with Crippen molar-refractivity contribution in [3.63, 3.8) is 0 Å². The molecule has 0 saturated carbocycles. The Labute approximate surface area is 251 Å². The Morgan fingerprint density at radius 3 is 1.27 bits per heavy atom. The summed E-state index contributed by atoms with van der Waals surface area (Å²) in [6.07, 6.45) is 3.68. The highest BCUT2D eigenvalue weighted by molar-refractivity contribution is 6.60. The number of hydrogen-bond acceptors (Lipinski definition) is 0. The summed E-state index contributed by atoms with van der Waals surface area (Å²) in [6, 6.07) is 15.3. The molecule has 3 aromatic carbocycles. The molecule has 218 valence electrons. The van der Waals surface area contributed by atoms with Gasteiger partial charge in [-0.15, -0.1) is 0 Å². The molecule has 4 aliphatic rings. The molecule has 0 amide bonds. The van der Waals surface area contributed by atoms with E-state index in [1.54, 1.807) is 27.7 Å². The van der Waals surface area contributed by atoms with E-state index in [-0.39, 0.29) is 0 Å². The van der Waals surface area contributed by atoms with Crippen molar-refractivity contribution in [1.29, 1.82) is 0 Å². The molecule has 6 heterocycles. The second-order valence-corrected chi connectivity index (χ2v) is 12.9. The van der Waals surface area contributed by atoms with E-state index in [0.29, 0.717) is 67.8 Å². The Hall–Kier alpha value is -4.59. The largest absolute Gasteiger partial charge is 0.737 e. The number of fused-ring (bicyclic) bond motifs is 12. The maximum atomic E-state index is 16.6. The van der Waals surface area contributed by atoms with Gasteiger partial charge in [0.2, 0.25) is 0 Å².